The molecular weight excluding hydrogens is 300 g/mol. The van der Waals surface area contributed by atoms with E-state index in [0.717, 1.165) is 48.0 Å². The van der Waals surface area contributed by atoms with Crippen LogP contribution in [0.3, 0.4) is 0 Å². The van der Waals surface area contributed by atoms with Gasteiger partial charge in [0, 0.05) is 18.8 Å². The van der Waals surface area contributed by atoms with Crippen LogP contribution in [0, 0.1) is 12.8 Å². The van der Waals surface area contributed by atoms with Crippen molar-refractivity contribution in [1.29, 1.82) is 0 Å². The number of nitrogens with one attached hydrogen (secondary N) is 1. The molecule has 1 aromatic carbocycles. The molecule has 0 aliphatic heterocycles. The van der Waals surface area contributed by atoms with Crippen LogP contribution < -0.4 is 14.8 Å². The molecule has 4 nitrogen and oxygen atoms in total. The van der Waals surface area contributed by atoms with E-state index in [-0.39, 0.29) is 0 Å². The molecular formula is C20H28N2O2. The highest BCUT2D eigenvalue weighted by Gasteiger charge is 2.06. The van der Waals surface area contributed by atoms with Crippen LogP contribution in [0.15, 0.2) is 36.4 Å². The van der Waals surface area contributed by atoms with E-state index in [2.05, 4.69) is 30.2 Å². The van der Waals surface area contributed by atoms with Crippen molar-refractivity contribution in [2.45, 2.75) is 40.3 Å². The fraction of sp³-hybridized carbons (Fsp3) is 0.450. The fourth-order valence-electron chi connectivity index (χ4n) is 2.38. The molecule has 0 bridgehead atoms. The fourth-order valence-corrected chi connectivity index (χ4v) is 2.38. The minimum atomic E-state index is 0.634. The van der Waals surface area contributed by atoms with E-state index in [1.807, 2.05) is 37.3 Å². The zero-order chi connectivity index (χ0) is 17.4. The summed E-state index contributed by atoms with van der Waals surface area (Å²) in [5.41, 5.74) is 3.25. The minimum Gasteiger partial charge on any atom is -0.493 e. The molecule has 1 N–H and O–H groups in total. The topological polar surface area (TPSA) is 43.4 Å². The lowest BCUT2D eigenvalue weighted by molar-refractivity contribution is 0.273. The molecule has 0 saturated heterocycles. The molecule has 24 heavy (non-hydrogen) atoms. The van der Waals surface area contributed by atoms with E-state index >= 15 is 0 Å². The Morgan fingerprint density at radius 3 is 2.62 bits per heavy atom. The van der Waals surface area contributed by atoms with Gasteiger partial charge in [0.15, 0.2) is 11.5 Å². The Balaban J connectivity index is 1.89. The number of methoxy groups -OCH3 is 1. The molecule has 1 heterocycles. The molecule has 130 valence electrons. The Morgan fingerprint density at radius 2 is 1.92 bits per heavy atom. The number of benzene rings is 1. The second-order valence-corrected chi connectivity index (χ2v) is 6.39. The average Bonchev–Trinajstić information content (AvgIpc) is 2.55. The van der Waals surface area contributed by atoms with Crippen LogP contribution in [0.1, 0.15) is 37.2 Å². The van der Waals surface area contributed by atoms with Crippen molar-refractivity contribution in [2.24, 2.45) is 5.92 Å². The number of rotatable bonds is 9. The molecule has 0 saturated carbocycles. The predicted molar refractivity (Wildman–Crippen MR) is 97.5 cm³/mol. The van der Waals surface area contributed by atoms with Gasteiger partial charge in [-0.3, -0.25) is 4.98 Å². The number of ether oxygens (including phenoxy) is 2. The first kappa shape index (κ1) is 18.3. The van der Waals surface area contributed by atoms with Crippen molar-refractivity contribution in [2.75, 3.05) is 13.7 Å². The first-order valence-electron chi connectivity index (χ1n) is 8.51. The zero-order valence-electron chi connectivity index (χ0n) is 15.1. The maximum Gasteiger partial charge on any atom is 0.161 e. The minimum absolute atomic E-state index is 0.634. The lowest BCUT2D eigenvalue weighted by Crippen LogP contribution is -2.14. The Morgan fingerprint density at radius 1 is 1.08 bits per heavy atom. The van der Waals surface area contributed by atoms with Crippen LogP contribution in [0.5, 0.6) is 11.5 Å². The van der Waals surface area contributed by atoms with Crippen molar-refractivity contribution in [3.05, 3.63) is 53.3 Å². The van der Waals surface area contributed by atoms with Crippen molar-refractivity contribution in [3.8, 4) is 11.5 Å². The third-order valence-electron chi connectivity index (χ3n) is 3.76. The number of aryl methyl sites for hydroxylation is 1. The summed E-state index contributed by atoms with van der Waals surface area (Å²) in [7, 11) is 1.68. The summed E-state index contributed by atoms with van der Waals surface area (Å²) in [5, 5.41) is 3.42. The van der Waals surface area contributed by atoms with Gasteiger partial charge in [0.2, 0.25) is 0 Å². The molecule has 0 spiro atoms. The second kappa shape index (κ2) is 9.28. The lowest BCUT2D eigenvalue weighted by atomic mass is 10.1. The molecule has 0 fully saturated rings. The number of hydrogen-bond acceptors (Lipinski definition) is 4. The van der Waals surface area contributed by atoms with Crippen LogP contribution in [0.4, 0.5) is 0 Å². The molecule has 0 amide bonds. The largest absolute Gasteiger partial charge is 0.493 e. The summed E-state index contributed by atoms with van der Waals surface area (Å²) in [6.07, 6.45) is 1.04. The van der Waals surface area contributed by atoms with E-state index in [9.17, 15) is 0 Å². The highest BCUT2D eigenvalue weighted by molar-refractivity contribution is 5.43. The highest BCUT2D eigenvalue weighted by atomic mass is 16.5. The van der Waals surface area contributed by atoms with Crippen LogP contribution in [0.2, 0.25) is 0 Å². The lowest BCUT2D eigenvalue weighted by Gasteiger charge is -2.13. The van der Waals surface area contributed by atoms with Crippen molar-refractivity contribution in [1.82, 2.24) is 10.3 Å². The Bertz CT molecular complexity index is 641. The van der Waals surface area contributed by atoms with E-state index in [0.29, 0.717) is 12.5 Å². The molecule has 0 aliphatic carbocycles. The molecule has 0 radical (unpaired) electrons. The number of nitrogens with zero attached hydrogens (tertiary/aromatic N) is 1. The number of pyridine rings is 1. The Kier molecular flexibility index (Phi) is 7.07. The van der Waals surface area contributed by atoms with Gasteiger partial charge in [-0.25, -0.2) is 0 Å². The third-order valence-corrected chi connectivity index (χ3v) is 3.76. The molecule has 0 atom stereocenters. The molecule has 1 aromatic heterocycles. The summed E-state index contributed by atoms with van der Waals surface area (Å²) >= 11 is 0. The van der Waals surface area contributed by atoms with Crippen LogP contribution >= 0.6 is 0 Å². The van der Waals surface area contributed by atoms with Gasteiger partial charge in [-0.2, -0.15) is 0 Å². The van der Waals surface area contributed by atoms with Crippen molar-refractivity contribution in [3.63, 3.8) is 0 Å². The van der Waals surface area contributed by atoms with Crippen LogP contribution in [-0.4, -0.2) is 18.7 Å². The van der Waals surface area contributed by atoms with Gasteiger partial charge in [-0.1, -0.05) is 26.0 Å². The molecule has 0 aliphatic rings. The normalized spacial score (nSPS) is 10.9. The predicted octanol–water partition coefficient (Wildman–Crippen LogP) is 4.11. The molecule has 0 unspecified atom stereocenters. The molecule has 4 heteroatoms. The van der Waals surface area contributed by atoms with Gasteiger partial charge < -0.3 is 14.8 Å². The van der Waals surface area contributed by atoms with Crippen molar-refractivity contribution >= 4 is 0 Å². The maximum absolute atomic E-state index is 5.83. The molecule has 2 rings (SSSR count). The summed E-state index contributed by atoms with van der Waals surface area (Å²) in [6.45, 7) is 8.61. The maximum atomic E-state index is 5.83. The van der Waals surface area contributed by atoms with E-state index in [1.54, 1.807) is 7.11 Å². The van der Waals surface area contributed by atoms with E-state index in [1.165, 1.54) is 0 Å². The Labute approximate surface area is 145 Å². The van der Waals surface area contributed by atoms with Gasteiger partial charge in [-0.05, 0) is 49.1 Å². The van der Waals surface area contributed by atoms with Gasteiger partial charge in [0.05, 0.1) is 19.4 Å². The zero-order valence-corrected chi connectivity index (χ0v) is 15.1. The van der Waals surface area contributed by atoms with Crippen LogP contribution in [-0.2, 0) is 13.1 Å². The smallest absolute Gasteiger partial charge is 0.161 e. The average molecular weight is 328 g/mol. The van der Waals surface area contributed by atoms with E-state index < -0.39 is 0 Å². The SMILES string of the molecule is COc1cc(CNCc2cccc(C)n2)ccc1OCCC(C)C. The standard InChI is InChI=1S/C20H28N2O2/c1-15(2)10-11-24-19-9-8-17(12-20(19)23-4)13-21-14-18-7-5-6-16(3)22-18/h5-9,12,15,21H,10-11,13-14H2,1-4H3. The molecule has 2 aromatic rings. The Hall–Kier alpha value is -2.07. The van der Waals surface area contributed by atoms with Crippen molar-refractivity contribution < 1.29 is 9.47 Å². The first-order chi connectivity index (χ1) is 11.6. The highest BCUT2D eigenvalue weighted by Crippen LogP contribution is 2.28. The summed E-state index contributed by atoms with van der Waals surface area (Å²) < 4.78 is 11.3. The van der Waals surface area contributed by atoms with Gasteiger partial charge >= 0.3 is 0 Å². The van der Waals surface area contributed by atoms with Gasteiger partial charge in [0.1, 0.15) is 0 Å². The number of hydrogen-bond donors (Lipinski definition) is 1. The number of aromatic nitrogens is 1. The summed E-state index contributed by atoms with van der Waals surface area (Å²) in [5.74, 6) is 2.23. The van der Waals surface area contributed by atoms with Gasteiger partial charge in [0.25, 0.3) is 0 Å². The second-order valence-electron chi connectivity index (χ2n) is 6.39. The van der Waals surface area contributed by atoms with Gasteiger partial charge in [-0.15, -0.1) is 0 Å². The third kappa shape index (κ3) is 5.85. The van der Waals surface area contributed by atoms with Crippen LogP contribution in [0.25, 0.3) is 0 Å². The summed E-state index contributed by atoms with van der Waals surface area (Å²) in [6, 6.07) is 12.2. The monoisotopic (exact) mass is 328 g/mol. The van der Waals surface area contributed by atoms with E-state index in [4.69, 9.17) is 9.47 Å². The quantitative estimate of drug-likeness (QED) is 0.752. The first-order valence-corrected chi connectivity index (χ1v) is 8.51. The summed E-state index contributed by atoms with van der Waals surface area (Å²) in [4.78, 5) is 4.49.